The van der Waals surface area contributed by atoms with Gasteiger partial charge in [-0.05, 0) is 51.0 Å². The van der Waals surface area contributed by atoms with E-state index in [-0.39, 0.29) is 53.5 Å². The molecule has 0 aromatic carbocycles. The van der Waals surface area contributed by atoms with E-state index in [0.29, 0.717) is 17.7 Å². The Hall–Kier alpha value is -3.49. The topological polar surface area (TPSA) is 111 Å². The van der Waals surface area contributed by atoms with E-state index in [1.54, 1.807) is 0 Å². The van der Waals surface area contributed by atoms with Crippen molar-refractivity contribution in [3.8, 4) is 0 Å². The number of carboxylic acid groups (broad SMARTS) is 1. The number of hydrogen-bond acceptors (Lipinski definition) is 2. The summed E-state index contributed by atoms with van der Waals surface area (Å²) in [5, 5.41) is 16.3. The average Bonchev–Trinajstić information content (AvgIpc) is 3.65. The van der Waals surface area contributed by atoms with Crippen LogP contribution >= 0.6 is 0 Å². The van der Waals surface area contributed by atoms with Gasteiger partial charge in [-0.25, -0.2) is 0 Å². The minimum Gasteiger partial charge on any atom is -0.664 e. The molecule has 1 saturated heterocycles. The third-order valence-corrected chi connectivity index (χ3v) is 8.86. The van der Waals surface area contributed by atoms with Crippen molar-refractivity contribution in [1.29, 1.82) is 0 Å². The number of carbonyl (C=O) groups excluding carboxylic acids is 1. The second-order valence-electron chi connectivity index (χ2n) is 11.1. The quantitative estimate of drug-likeness (QED) is 0.473. The van der Waals surface area contributed by atoms with Crippen molar-refractivity contribution in [2.24, 2.45) is 11.8 Å². The number of aliphatic carboxylic acids is 1. The van der Waals surface area contributed by atoms with Gasteiger partial charge in [0.15, 0.2) is 5.78 Å². The average molecular weight is 557 g/mol. The van der Waals surface area contributed by atoms with Crippen LogP contribution in [0.5, 0.6) is 0 Å². The molecule has 0 saturated carbocycles. The molecule has 1 N–H and O–H groups in total. The van der Waals surface area contributed by atoms with Gasteiger partial charge in [-0.2, -0.15) is 11.4 Å². The van der Waals surface area contributed by atoms with Crippen molar-refractivity contribution in [3.05, 3.63) is 90.1 Å². The first-order valence-corrected chi connectivity index (χ1v) is 13.9. The molecule has 1 fully saturated rings. The van der Waals surface area contributed by atoms with Gasteiger partial charge < -0.3 is 25.4 Å². The zero-order valence-corrected chi connectivity index (χ0v) is 25.7. The van der Waals surface area contributed by atoms with Crippen LogP contribution in [0.15, 0.2) is 18.0 Å². The maximum Gasteiger partial charge on any atom is 2.00 e. The first-order valence-electron chi connectivity index (χ1n) is 13.9. The number of ketones is 1. The van der Waals surface area contributed by atoms with Gasteiger partial charge >= 0.3 is 29.0 Å². The van der Waals surface area contributed by atoms with Crippen LogP contribution in [0.2, 0.25) is 0 Å². The fraction of sp³-hybridized carbons (Fsp3) is 0.333. The Bertz CT molecular complexity index is 1810. The standard InChI is InChI=1S/C33H34N4O3.Mg/c1-7-19-15(3)23-12-25-17(5)21(9-10-30(39)40)32(36-25)22-11-29(38)31-18(6)26(37-33(22)31)14-28-20(8-2)16(4)24(35-28)13-27(19)34-23;/h7,12-14,17,21H,1,8-11H2,2-6H3,(H3,36,37,38,39,40);/q-2;+2/p-2/b24-13-,25-12-,28-14-;/t17-,21-;/m0./s1. The molecule has 8 heteroatoms. The van der Waals surface area contributed by atoms with E-state index in [1.165, 1.54) is 0 Å². The summed E-state index contributed by atoms with van der Waals surface area (Å²) >= 11 is 0. The maximum absolute atomic E-state index is 13.3. The van der Waals surface area contributed by atoms with Crippen molar-refractivity contribution in [3.63, 3.8) is 0 Å². The van der Waals surface area contributed by atoms with Crippen LogP contribution in [0, 0.1) is 32.6 Å². The largest absolute Gasteiger partial charge is 2.00 e. The van der Waals surface area contributed by atoms with Gasteiger partial charge in [-0.15, -0.1) is 33.5 Å². The molecule has 7 nitrogen and oxygen atoms in total. The molecule has 5 heterocycles. The normalized spacial score (nSPS) is 23.5. The third kappa shape index (κ3) is 4.57. The van der Waals surface area contributed by atoms with Crippen molar-refractivity contribution in [2.75, 3.05) is 0 Å². The van der Waals surface area contributed by atoms with Crippen molar-refractivity contribution in [1.82, 2.24) is 15.0 Å². The van der Waals surface area contributed by atoms with E-state index in [4.69, 9.17) is 20.3 Å². The SMILES string of the molecule is C=Cc1c2[n-]c(c1C)/C=C1\[N-]/C(=C3/CC(=O)c4c3[n-]c(c4C)/C=c3\[n-]/c(c(C)c3CC)=C\2)[C@@H](CCC(=O)O)[C@@H]1C.[Mg+2]. The van der Waals surface area contributed by atoms with Crippen LogP contribution < -0.4 is 25.7 Å². The molecule has 0 amide bonds. The minimum absolute atomic E-state index is 0. The Morgan fingerprint density at radius 1 is 1.02 bits per heavy atom. The molecule has 1 aliphatic carbocycles. The van der Waals surface area contributed by atoms with Gasteiger partial charge in [0.25, 0.3) is 0 Å². The fourth-order valence-corrected chi connectivity index (χ4v) is 6.54. The molecule has 2 aliphatic heterocycles. The fourth-order valence-electron chi connectivity index (χ4n) is 6.54. The van der Waals surface area contributed by atoms with E-state index in [2.05, 4.69) is 27.4 Å². The summed E-state index contributed by atoms with van der Waals surface area (Å²) in [7, 11) is 0. The predicted octanol–water partition coefficient (Wildman–Crippen LogP) is 4.12. The van der Waals surface area contributed by atoms with Gasteiger partial charge in [-0.3, -0.25) is 9.59 Å². The second-order valence-corrected chi connectivity index (χ2v) is 11.1. The van der Waals surface area contributed by atoms with Crippen molar-refractivity contribution < 1.29 is 14.7 Å². The molecule has 3 aromatic rings. The molecular weight excluding hydrogens is 525 g/mol. The smallest absolute Gasteiger partial charge is 0.664 e. The number of Topliss-reactive ketones (excluding diaryl/α,β-unsaturated/α-hetero) is 1. The summed E-state index contributed by atoms with van der Waals surface area (Å²) in [5.74, 6) is -0.986. The van der Waals surface area contributed by atoms with Crippen molar-refractivity contribution in [2.45, 2.75) is 60.3 Å². The third-order valence-electron chi connectivity index (χ3n) is 8.86. The van der Waals surface area contributed by atoms with Crippen LogP contribution in [0.3, 0.4) is 0 Å². The van der Waals surface area contributed by atoms with Gasteiger partial charge in [0.05, 0.1) is 0 Å². The van der Waals surface area contributed by atoms with Crippen LogP contribution in [-0.4, -0.2) is 39.9 Å². The number of hydrogen-bond donors (Lipinski definition) is 1. The molecule has 0 spiro atoms. The van der Waals surface area contributed by atoms with E-state index in [1.807, 2.05) is 38.2 Å². The summed E-state index contributed by atoms with van der Waals surface area (Å²) in [5.41, 5.74) is 11.2. The molecule has 2 atom stereocenters. The first kappa shape index (κ1) is 29.0. The number of carboxylic acids is 1. The van der Waals surface area contributed by atoms with Crippen molar-refractivity contribution >= 4 is 64.7 Å². The van der Waals surface area contributed by atoms with E-state index < -0.39 is 5.97 Å². The summed E-state index contributed by atoms with van der Waals surface area (Å²) in [4.78, 5) is 39.9. The maximum atomic E-state index is 13.3. The Morgan fingerprint density at radius 3 is 2.41 bits per heavy atom. The molecule has 41 heavy (non-hydrogen) atoms. The predicted molar refractivity (Wildman–Crippen MR) is 162 cm³/mol. The second kappa shape index (κ2) is 10.7. The summed E-state index contributed by atoms with van der Waals surface area (Å²) in [6, 6.07) is 0. The van der Waals surface area contributed by atoms with Crippen LogP contribution in [0.25, 0.3) is 35.2 Å². The zero-order chi connectivity index (χ0) is 28.5. The minimum atomic E-state index is -0.845. The number of fused-ring (bicyclic) bond motifs is 7. The first-order chi connectivity index (χ1) is 19.1. The van der Waals surface area contributed by atoms with Crippen LogP contribution in [0.1, 0.15) is 94.1 Å². The molecule has 3 aromatic heterocycles. The van der Waals surface area contributed by atoms with E-state index in [0.717, 1.165) is 79.0 Å². The monoisotopic (exact) mass is 556 g/mol. The number of nitrogens with zero attached hydrogens (tertiary/aromatic N) is 4. The zero-order valence-electron chi connectivity index (χ0n) is 24.3. The molecule has 0 unspecified atom stereocenters. The molecule has 206 valence electrons. The van der Waals surface area contributed by atoms with Gasteiger partial charge in [0.1, 0.15) is 0 Å². The van der Waals surface area contributed by atoms with Crippen LogP contribution in [0.4, 0.5) is 0 Å². The summed E-state index contributed by atoms with van der Waals surface area (Å²) < 4.78 is 0. The van der Waals surface area contributed by atoms with Gasteiger partial charge in [0, 0.05) is 18.4 Å². The number of carbonyl (C=O) groups is 2. The number of allylic oxidation sites excluding steroid dienone is 3. The van der Waals surface area contributed by atoms with Gasteiger partial charge in [-0.1, -0.05) is 72.6 Å². The Kier molecular flexibility index (Phi) is 7.59. The van der Waals surface area contributed by atoms with E-state index in [9.17, 15) is 14.7 Å². The molecule has 8 bridgehead atoms. The molecule has 3 aliphatic rings. The summed E-state index contributed by atoms with van der Waals surface area (Å²) in [6.07, 6.45) is 9.35. The molecule has 6 rings (SSSR count). The Labute approximate surface area is 255 Å². The Balaban J connectivity index is 0.00000337. The molecule has 0 radical (unpaired) electrons. The number of aromatic nitrogens is 3. The molecular formula is C33H32MgN4O3-2. The van der Waals surface area contributed by atoms with E-state index >= 15 is 0 Å². The summed E-state index contributed by atoms with van der Waals surface area (Å²) in [6.45, 7) is 14.3. The number of rotatable bonds is 5. The van der Waals surface area contributed by atoms with Crippen LogP contribution in [-0.2, 0) is 11.2 Å². The Morgan fingerprint density at radius 2 is 1.73 bits per heavy atom. The van der Waals surface area contributed by atoms with Gasteiger partial charge in [0.2, 0.25) is 0 Å².